The fourth-order valence-electron chi connectivity index (χ4n) is 11.4. The van der Waals surface area contributed by atoms with Gasteiger partial charge in [0.15, 0.2) is 6.29 Å². The summed E-state index contributed by atoms with van der Waals surface area (Å²) in [7, 11) is 0. The summed E-state index contributed by atoms with van der Waals surface area (Å²) in [6.45, 7) is 4.32. The van der Waals surface area contributed by atoms with Gasteiger partial charge in [-0.15, -0.1) is 0 Å². The summed E-state index contributed by atoms with van der Waals surface area (Å²) in [5.41, 5.74) is 0. The van der Waals surface area contributed by atoms with Gasteiger partial charge in [0, 0.05) is 12.8 Å². The average Bonchev–Trinajstić information content (AvgIpc) is 3.48. The van der Waals surface area contributed by atoms with Gasteiger partial charge in [-0.25, -0.2) is 0 Å². The van der Waals surface area contributed by atoms with Crippen molar-refractivity contribution in [1.82, 2.24) is 5.32 Å². The van der Waals surface area contributed by atoms with Crippen LogP contribution in [0, 0.1) is 0 Å². The fraction of sp³-hybridized carbons (Fsp3) is 0.865. The topological polar surface area (TPSA) is 175 Å². The molecule has 0 spiro atoms. The largest absolute Gasteiger partial charge is 0.466 e. The summed E-state index contributed by atoms with van der Waals surface area (Å²) >= 11 is 0. The van der Waals surface area contributed by atoms with Crippen molar-refractivity contribution in [2.45, 2.75) is 391 Å². The smallest absolute Gasteiger partial charge is 0.305 e. The zero-order chi connectivity index (χ0) is 61.6. The molecule has 1 amide bonds. The van der Waals surface area contributed by atoms with E-state index in [1.54, 1.807) is 6.08 Å². The van der Waals surface area contributed by atoms with E-state index in [0.29, 0.717) is 19.4 Å². The number of aliphatic hydroxyl groups excluding tert-OH is 5. The van der Waals surface area contributed by atoms with Gasteiger partial charge in [-0.1, -0.05) is 294 Å². The van der Waals surface area contributed by atoms with Crippen LogP contribution in [0.15, 0.2) is 48.6 Å². The molecule has 85 heavy (non-hydrogen) atoms. The molecule has 11 nitrogen and oxygen atoms in total. The van der Waals surface area contributed by atoms with Crippen molar-refractivity contribution in [3.8, 4) is 0 Å². The quantitative estimate of drug-likeness (QED) is 0.0195. The van der Waals surface area contributed by atoms with Gasteiger partial charge in [0.25, 0.3) is 0 Å². The summed E-state index contributed by atoms with van der Waals surface area (Å²) in [6.07, 6.45) is 72.7. The molecule has 0 saturated carbocycles. The van der Waals surface area contributed by atoms with E-state index in [2.05, 4.69) is 55.6 Å². The van der Waals surface area contributed by atoms with E-state index in [-0.39, 0.29) is 18.5 Å². The third-order valence-corrected chi connectivity index (χ3v) is 17.2. The lowest BCUT2D eigenvalue weighted by atomic mass is 9.99. The highest BCUT2D eigenvalue weighted by Gasteiger charge is 2.44. The number of hydrogen-bond donors (Lipinski definition) is 6. The number of aliphatic hydroxyl groups is 5. The number of allylic oxidation sites excluding steroid dienone is 7. The third kappa shape index (κ3) is 52.1. The molecule has 7 atom stereocenters. The maximum absolute atomic E-state index is 13.0. The van der Waals surface area contributed by atoms with Crippen LogP contribution in [0.2, 0.25) is 0 Å². The van der Waals surface area contributed by atoms with E-state index in [1.165, 1.54) is 257 Å². The zero-order valence-electron chi connectivity index (χ0n) is 55.3. The van der Waals surface area contributed by atoms with E-state index in [0.717, 1.165) is 64.2 Å². The first-order chi connectivity index (χ1) is 41.7. The van der Waals surface area contributed by atoms with Crippen LogP contribution in [-0.4, -0.2) is 100 Å². The highest BCUT2D eigenvalue weighted by atomic mass is 16.7. The minimum atomic E-state index is -1.57. The van der Waals surface area contributed by atoms with E-state index >= 15 is 0 Å². The van der Waals surface area contributed by atoms with Crippen molar-refractivity contribution < 1.29 is 49.3 Å². The van der Waals surface area contributed by atoms with Crippen molar-refractivity contribution in [3.63, 3.8) is 0 Å². The summed E-state index contributed by atoms with van der Waals surface area (Å²) < 4.78 is 16.7. The number of unbranched alkanes of at least 4 members (excludes halogenated alkanes) is 44. The Kier molecular flexibility index (Phi) is 60.0. The van der Waals surface area contributed by atoms with E-state index in [4.69, 9.17) is 14.2 Å². The standard InChI is InChI=1S/C74H137NO10/c1-3-5-7-9-11-13-14-15-16-17-33-36-39-42-46-50-54-58-62-70(79)83-63-59-55-51-47-43-40-37-34-31-29-27-25-23-21-19-18-20-22-24-26-28-30-32-35-38-41-45-49-53-57-61-69(78)75-66(67(77)60-56-52-48-44-12-10-8-6-4-2)65-84-74-73(82)72(81)71(80)68(64-76)85-74/h13-14,16-17,19,21,56,60,66-68,71-74,76-77,80-82H,3-12,15,18,20,22-55,57-59,61-65H2,1-2H3,(H,75,78)/b14-13-,17-16-,21-19-,60-56+. The van der Waals surface area contributed by atoms with E-state index < -0.39 is 49.5 Å². The fourth-order valence-corrected chi connectivity index (χ4v) is 11.4. The molecule has 0 aromatic heterocycles. The lowest BCUT2D eigenvalue weighted by Crippen LogP contribution is -2.60. The molecule has 498 valence electrons. The Bertz CT molecular complexity index is 1550. The number of ether oxygens (including phenoxy) is 3. The van der Waals surface area contributed by atoms with Crippen molar-refractivity contribution in [1.29, 1.82) is 0 Å². The first-order valence-corrected chi connectivity index (χ1v) is 36.4. The summed E-state index contributed by atoms with van der Waals surface area (Å²) in [5, 5.41) is 54.3. The monoisotopic (exact) mass is 1200 g/mol. The molecule has 1 heterocycles. The van der Waals surface area contributed by atoms with Gasteiger partial charge in [0.2, 0.25) is 5.91 Å². The second kappa shape index (κ2) is 63.2. The Labute approximate surface area is 523 Å². The lowest BCUT2D eigenvalue weighted by molar-refractivity contribution is -0.302. The van der Waals surface area contributed by atoms with Crippen LogP contribution >= 0.6 is 0 Å². The molecule has 0 aliphatic carbocycles. The highest BCUT2D eigenvalue weighted by Crippen LogP contribution is 2.23. The molecule has 1 fully saturated rings. The number of esters is 1. The zero-order valence-corrected chi connectivity index (χ0v) is 55.3. The first-order valence-electron chi connectivity index (χ1n) is 36.4. The normalized spacial score (nSPS) is 18.2. The second-order valence-corrected chi connectivity index (χ2v) is 25.3. The number of amides is 1. The lowest BCUT2D eigenvalue weighted by Gasteiger charge is -2.40. The first kappa shape index (κ1) is 80.6. The SMILES string of the molecule is CCCCCC/C=C\C/C=C\CCCCCCCCCC(=O)OCCCCCCCCCCCCCC/C=C\CCCCCCCCCCCCCCCCC(=O)NC(COC1OC(CO)C(O)C(O)C1O)C(O)/C=C/CCCCCCCCC. The van der Waals surface area contributed by atoms with Crippen LogP contribution < -0.4 is 5.32 Å². The maximum Gasteiger partial charge on any atom is 0.305 e. The van der Waals surface area contributed by atoms with Gasteiger partial charge in [-0.05, 0) is 89.9 Å². The van der Waals surface area contributed by atoms with Gasteiger partial charge >= 0.3 is 5.97 Å². The molecule has 0 bridgehead atoms. The van der Waals surface area contributed by atoms with Gasteiger partial charge in [0.05, 0.1) is 32.0 Å². The second-order valence-electron chi connectivity index (χ2n) is 25.3. The maximum atomic E-state index is 13.0. The Morgan fingerprint density at radius 2 is 0.788 bits per heavy atom. The molecule has 1 aliphatic rings. The molecule has 11 heteroatoms. The minimum Gasteiger partial charge on any atom is -0.466 e. The Hall–Kier alpha value is -2.38. The Balaban J connectivity index is 1.90. The highest BCUT2D eigenvalue weighted by molar-refractivity contribution is 5.76. The number of carbonyl (C=O) groups is 2. The van der Waals surface area contributed by atoms with Crippen LogP contribution in [0.3, 0.4) is 0 Å². The number of carbonyl (C=O) groups excluding carboxylic acids is 2. The van der Waals surface area contributed by atoms with Crippen LogP contribution in [0.5, 0.6) is 0 Å². The molecule has 6 N–H and O–H groups in total. The predicted molar refractivity (Wildman–Crippen MR) is 357 cm³/mol. The Morgan fingerprint density at radius 3 is 1.21 bits per heavy atom. The van der Waals surface area contributed by atoms with Crippen LogP contribution in [0.25, 0.3) is 0 Å². The van der Waals surface area contributed by atoms with Crippen LogP contribution in [0.4, 0.5) is 0 Å². The van der Waals surface area contributed by atoms with Crippen molar-refractivity contribution >= 4 is 11.9 Å². The van der Waals surface area contributed by atoms with Crippen LogP contribution in [-0.2, 0) is 23.8 Å². The van der Waals surface area contributed by atoms with Crippen molar-refractivity contribution in [2.75, 3.05) is 19.8 Å². The molecule has 0 aromatic rings. The minimum absolute atomic E-state index is 0.00152. The summed E-state index contributed by atoms with van der Waals surface area (Å²) in [5.74, 6) is -0.180. The van der Waals surface area contributed by atoms with E-state index in [1.807, 2.05) is 6.08 Å². The Morgan fingerprint density at radius 1 is 0.435 bits per heavy atom. The number of nitrogens with one attached hydrogen (secondary N) is 1. The molecule has 1 aliphatic heterocycles. The molecular formula is C74H137NO10. The number of rotatable bonds is 64. The molecule has 0 aromatic carbocycles. The van der Waals surface area contributed by atoms with Gasteiger partial charge in [0.1, 0.15) is 24.4 Å². The molecule has 0 radical (unpaired) electrons. The summed E-state index contributed by atoms with van der Waals surface area (Å²) in [6, 6.07) is -0.808. The molecule has 1 rings (SSSR count). The summed E-state index contributed by atoms with van der Waals surface area (Å²) in [4.78, 5) is 25.1. The molecular weight excluding hydrogens is 1060 g/mol. The van der Waals surface area contributed by atoms with Crippen molar-refractivity contribution in [3.05, 3.63) is 48.6 Å². The van der Waals surface area contributed by atoms with Gasteiger partial charge in [-0.2, -0.15) is 0 Å². The average molecular weight is 1200 g/mol. The number of hydrogen-bond acceptors (Lipinski definition) is 10. The van der Waals surface area contributed by atoms with Gasteiger partial charge < -0.3 is 45.1 Å². The third-order valence-electron chi connectivity index (χ3n) is 17.2. The molecule has 7 unspecified atom stereocenters. The van der Waals surface area contributed by atoms with Crippen molar-refractivity contribution in [2.24, 2.45) is 0 Å². The molecule has 1 saturated heterocycles. The van der Waals surface area contributed by atoms with Crippen LogP contribution in [0.1, 0.15) is 348 Å². The van der Waals surface area contributed by atoms with E-state index in [9.17, 15) is 35.1 Å². The van der Waals surface area contributed by atoms with Gasteiger partial charge in [-0.3, -0.25) is 9.59 Å². The predicted octanol–water partition coefficient (Wildman–Crippen LogP) is 18.7.